The Kier molecular flexibility index (Phi) is 7.34. The van der Waals surface area contributed by atoms with Gasteiger partial charge in [0, 0.05) is 49.7 Å². The maximum Gasteiger partial charge on any atom is 0.260 e. The summed E-state index contributed by atoms with van der Waals surface area (Å²) in [6.07, 6.45) is 6.02. The number of hydrogen-bond acceptors (Lipinski definition) is 5. The number of nitrogens with zero attached hydrogens (tertiary/aromatic N) is 2. The highest BCUT2D eigenvalue weighted by Crippen LogP contribution is 2.45. The zero-order chi connectivity index (χ0) is 26.1. The number of carbonyl (C=O) groups is 2. The molecule has 3 atom stereocenters. The van der Waals surface area contributed by atoms with E-state index in [1.807, 2.05) is 41.3 Å². The molecule has 200 valence electrons. The fourth-order valence-electron chi connectivity index (χ4n) is 6.42. The minimum absolute atomic E-state index is 0.0428. The van der Waals surface area contributed by atoms with Crippen LogP contribution in [0.4, 0.5) is 0 Å². The Bertz CT molecular complexity index is 1200. The Labute approximate surface area is 229 Å². The van der Waals surface area contributed by atoms with Crippen molar-refractivity contribution in [3.63, 3.8) is 0 Å². The van der Waals surface area contributed by atoms with Gasteiger partial charge in [0.25, 0.3) is 5.91 Å². The quantitative estimate of drug-likeness (QED) is 0.518. The first-order chi connectivity index (χ1) is 18.5. The van der Waals surface area contributed by atoms with Crippen LogP contribution in [0.1, 0.15) is 48.8 Å². The number of aryl methyl sites for hydroxylation is 1. The summed E-state index contributed by atoms with van der Waals surface area (Å²) in [5.74, 6) is -0.226. The zero-order valence-corrected chi connectivity index (χ0v) is 22.8. The Morgan fingerprint density at radius 3 is 2.55 bits per heavy atom. The summed E-state index contributed by atoms with van der Waals surface area (Å²) in [4.78, 5) is 32.4. The van der Waals surface area contributed by atoms with Gasteiger partial charge in [-0.1, -0.05) is 60.2 Å². The maximum atomic E-state index is 13.9. The summed E-state index contributed by atoms with van der Waals surface area (Å²) < 4.78 is 11.7. The normalized spacial score (nSPS) is 28.1. The average Bonchev–Trinajstić information content (AvgIpc) is 3.39. The van der Waals surface area contributed by atoms with Crippen molar-refractivity contribution in [3.8, 4) is 0 Å². The minimum atomic E-state index is -0.479. The number of likely N-dealkylation sites (tertiary alicyclic amines) is 1. The van der Waals surface area contributed by atoms with E-state index < -0.39 is 5.79 Å². The maximum absolute atomic E-state index is 13.9. The van der Waals surface area contributed by atoms with Crippen molar-refractivity contribution >= 4 is 29.7 Å². The van der Waals surface area contributed by atoms with Crippen LogP contribution in [0.2, 0.25) is 0 Å². The average molecular weight is 533 g/mol. The molecule has 0 radical (unpaired) electrons. The molecule has 1 spiro atoms. The molecule has 3 heterocycles. The SMILES string of the molecule is Cc1cccc(CN2C(=O)/C(=C/c3ccccc3)SC3CCC(C(=O)N4CCC5(CC4)OCCO5)CC32)c1. The summed E-state index contributed by atoms with van der Waals surface area (Å²) >= 11 is 1.71. The number of fused-ring (bicyclic) bond motifs is 1. The molecule has 1 aliphatic carbocycles. The Hall–Kier alpha value is -2.61. The van der Waals surface area contributed by atoms with Crippen LogP contribution in [0.3, 0.4) is 0 Å². The van der Waals surface area contributed by atoms with E-state index in [-0.39, 0.29) is 23.8 Å². The van der Waals surface area contributed by atoms with E-state index in [2.05, 4.69) is 36.1 Å². The van der Waals surface area contributed by atoms with E-state index >= 15 is 0 Å². The Morgan fingerprint density at radius 1 is 1.05 bits per heavy atom. The minimum Gasteiger partial charge on any atom is -0.347 e. The second-order valence-electron chi connectivity index (χ2n) is 11.0. The largest absolute Gasteiger partial charge is 0.347 e. The molecule has 0 aromatic heterocycles. The highest BCUT2D eigenvalue weighted by molar-refractivity contribution is 8.04. The third-order valence-corrected chi connectivity index (χ3v) is 9.84. The topological polar surface area (TPSA) is 59.1 Å². The van der Waals surface area contributed by atoms with Crippen molar-refractivity contribution in [2.24, 2.45) is 5.92 Å². The lowest BCUT2D eigenvalue weighted by Gasteiger charge is -2.47. The molecule has 1 saturated carbocycles. The van der Waals surface area contributed by atoms with E-state index in [1.165, 1.54) is 5.56 Å². The van der Waals surface area contributed by atoms with E-state index in [0.29, 0.717) is 38.1 Å². The van der Waals surface area contributed by atoms with Crippen LogP contribution >= 0.6 is 11.8 Å². The highest BCUT2D eigenvalue weighted by Gasteiger charge is 2.46. The fourth-order valence-corrected chi connectivity index (χ4v) is 7.84. The molecule has 0 N–H and O–H groups in total. The monoisotopic (exact) mass is 532 g/mol. The molecule has 6 rings (SSSR count). The number of rotatable bonds is 4. The molecule has 7 heteroatoms. The van der Waals surface area contributed by atoms with E-state index in [0.717, 1.165) is 48.1 Å². The van der Waals surface area contributed by atoms with Crippen molar-refractivity contribution in [2.45, 2.75) is 62.7 Å². The van der Waals surface area contributed by atoms with Gasteiger partial charge in [-0.3, -0.25) is 9.59 Å². The smallest absolute Gasteiger partial charge is 0.260 e. The first kappa shape index (κ1) is 25.7. The molecule has 6 nitrogen and oxygen atoms in total. The van der Waals surface area contributed by atoms with Crippen LogP contribution in [-0.4, -0.2) is 65.0 Å². The van der Waals surface area contributed by atoms with Crippen LogP contribution in [0.25, 0.3) is 6.08 Å². The van der Waals surface area contributed by atoms with Crippen molar-refractivity contribution in [3.05, 3.63) is 76.2 Å². The van der Waals surface area contributed by atoms with E-state index in [9.17, 15) is 9.59 Å². The molecule has 4 fully saturated rings. The zero-order valence-electron chi connectivity index (χ0n) is 22.0. The molecule has 2 aromatic carbocycles. The second kappa shape index (κ2) is 10.9. The van der Waals surface area contributed by atoms with Crippen LogP contribution in [0.15, 0.2) is 59.5 Å². The molecule has 2 aromatic rings. The number of hydrogen-bond donors (Lipinski definition) is 0. The van der Waals surface area contributed by atoms with Crippen molar-refractivity contribution in [1.29, 1.82) is 0 Å². The van der Waals surface area contributed by atoms with Gasteiger partial charge >= 0.3 is 0 Å². The summed E-state index contributed by atoms with van der Waals surface area (Å²) in [6, 6.07) is 18.5. The lowest BCUT2D eigenvalue weighted by molar-refractivity contribution is -0.188. The first-order valence-electron chi connectivity index (χ1n) is 13.9. The lowest BCUT2D eigenvalue weighted by atomic mass is 9.82. The molecular formula is C31H36N2O4S. The van der Waals surface area contributed by atoms with Crippen LogP contribution < -0.4 is 0 Å². The molecular weight excluding hydrogens is 496 g/mol. The van der Waals surface area contributed by atoms with Crippen molar-refractivity contribution < 1.29 is 19.1 Å². The molecule has 3 unspecified atom stereocenters. The predicted octanol–water partition coefficient (Wildman–Crippen LogP) is 5.01. The molecule has 4 aliphatic rings. The van der Waals surface area contributed by atoms with Gasteiger partial charge in [-0.25, -0.2) is 0 Å². The summed E-state index contributed by atoms with van der Waals surface area (Å²) in [7, 11) is 0. The van der Waals surface area contributed by atoms with Gasteiger partial charge in [0.15, 0.2) is 5.79 Å². The fraction of sp³-hybridized carbons (Fsp3) is 0.484. The Morgan fingerprint density at radius 2 is 1.82 bits per heavy atom. The predicted molar refractivity (Wildman–Crippen MR) is 149 cm³/mol. The third kappa shape index (κ3) is 5.29. The van der Waals surface area contributed by atoms with Crippen molar-refractivity contribution in [2.75, 3.05) is 26.3 Å². The number of piperidine rings is 1. The molecule has 38 heavy (non-hydrogen) atoms. The Balaban J connectivity index is 1.21. The number of amides is 2. The van der Waals surface area contributed by atoms with Gasteiger partial charge in [-0.05, 0) is 43.4 Å². The van der Waals surface area contributed by atoms with Gasteiger partial charge in [-0.2, -0.15) is 0 Å². The van der Waals surface area contributed by atoms with Gasteiger partial charge in [-0.15, -0.1) is 11.8 Å². The standard InChI is InChI=1S/C31H36N2O4S/c1-22-6-5-9-24(18-22)21-33-26-20-25(29(34)32-14-12-31(13-15-32)36-16-17-37-31)10-11-27(26)38-28(30(33)35)19-23-7-3-2-4-8-23/h2-9,18-19,25-27H,10-17,20-21H2,1H3/b28-19-. The van der Waals surface area contributed by atoms with Crippen LogP contribution in [0, 0.1) is 12.8 Å². The van der Waals surface area contributed by atoms with Crippen LogP contribution in [0.5, 0.6) is 0 Å². The van der Waals surface area contributed by atoms with Crippen molar-refractivity contribution in [1.82, 2.24) is 9.80 Å². The van der Waals surface area contributed by atoms with Gasteiger partial charge in [0.05, 0.1) is 18.1 Å². The number of carbonyl (C=O) groups excluding carboxylic acids is 2. The molecule has 3 saturated heterocycles. The van der Waals surface area contributed by atoms with Gasteiger partial charge < -0.3 is 19.3 Å². The number of ether oxygens (including phenoxy) is 2. The highest BCUT2D eigenvalue weighted by atomic mass is 32.2. The summed E-state index contributed by atoms with van der Waals surface area (Å²) in [5, 5.41) is 0.293. The summed E-state index contributed by atoms with van der Waals surface area (Å²) in [6.45, 7) is 5.28. The number of thioether (sulfide) groups is 1. The lowest BCUT2D eigenvalue weighted by Crippen LogP contribution is -2.55. The number of benzene rings is 2. The van der Waals surface area contributed by atoms with E-state index in [4.69, 9.17) is 9.47 Å². The second-order valence-corrected chi connectivity index (χ2v) is 12.3. The molecule has 0 bridgehead atoms. The van der Waals surface area contributed by atoms with Crippen LogP contribution in [-0.2, 0) is 25.6 Å². The third-order valence-electron chi connectivity index (χ3n) is 8.44. The molecule has 3 aliphatic heterocycles. The van der Waals surface area contributed by atoms with Gasteiger partial charge in [0.1, 0.15) is 0 Å². The molecule has 2 amide bonds. The van der Waals surface area contributed by atoms with E-state index in [1.54, 1.807) is 11.8 Å². The first-order valence-corrected chi connectivity index (χ1v) is 14.7. The van der Waals surface area contributed by atoms with Gasteiger partial charge in [0.2, 0.25) is 5.91 Å². The summed E-state index contributed by atoms with van der Waals surface area (Å²) in [5.41, 5.74) is 3.36.